The van der Waals surface area contributed by atoms with E-state index in [0.717, 1.165) is 47.2 Å². The maximum Gasteiger partial charge on any atom is 0.278 e. The number of pyridine rings is 1. The molecule has 2 aromatic carbocycles. The molecule has 0 saturated carbocycles. The number of para-hydroxylation sites is 1. The van der Waals surface area contributed by atoms with Crippen molar-refractivity contribution in [2.75, 3.05) is 18.0 Å². The van der Waals surface area contributed by atoms with E-state index in [1.54, 1.807) is 17.1 Å². The van der Waals surface area contributed by atoms with E-state index in [2.05, 4.69) is 20.9 Å². The van der Waals surface area contributed by atoms with E-state index in [1.165, 1.54) is 0 Å². The highest BCUT2D eigenvalue weighted by Gasteiger charge is 2.28. The molecule has 6 rings (SSSR count). The number of piperidine rings is 1. The van der Waals surface area contributed by atoms with Gasteiger partial charge >= 0.3 is 0 Å². The lowest BCUT2D eigenvalue weighted by atomic mass is 10.1. The van der Waals surface area contributed by atoms with E-state index >= 15 is 0 Å². The molecule has 2 N–H and O–H groups in total. The van der Waals surface area contributed by atoms with Gasteiger partial charge in [0.05, 0.1) is 18.4 Å². The van der Waals surface area contributed by atoms with Gasteiger partial charge in [-0.3, -0.25) is 14.3 Å². The molecule has 0 aliphatic carbocycles. The van der Waals surface area contributed by atoms with Crippen molar-refractivity contribution in [1.29, 1.82) is 5.26 Å². The van der Waals surface area contributed by atoms with Gasteiger partial charge in [-0.15, -0.1) is 0 Å². The number of aromatic nitrogens is 4. The molecule has 1 saturated heterocycles. The standard InChI is InChI=1S/C29H27N7O/c30-15-24-26-27(29(37)35(19-33-26)17-22-10-4-9-21-11-5-13-32-25(21)22)36(16-20-7-2-1-3-8-20)28(24)34-14-6-12-23(31)18-34/h1-5,7-11,13,19,23H,6,12,14,16-18,31H2. The minimum atomic E-state index is -0.182. The predicted octanol–water partition coefficient (Wildman–Crippen LogP) is 3.64. The van der Waals surface area contributed by atoms with Crippen LogP contribution in [0, 0.1) is 11.3 Å². The Morgan fingerprint density at radius 1 is 1.00 bits per heavy atom. The third kappa shape index (κ3) is 4.13. The van der Waals surface area contributed by atoms with Gasteiger partial charge in [0.1, 0.15) is 28.5 Å². The zero-order valence-corrected chi connectivity index (χ0v) is 20.4. The fourth-order valence-electron chi connectivity index (χ4n) is 5.40. The number of anilines is 1. The minimum absolute atomic E-state index is 0.0203. The summed E-state index contributed by atoms with van der Waals surface area (Å²) < 4.78 is 3.58. The van der Waals surface area contributed by atoms with Crippen molar-refractivity contribution < 1.29 is 0 Å². The summed E-state index contributed by atoms with van der Waals surface area (Å²) in [4.78, 5) is 25.4. The molecular formula is C29H27N7O. The number of nitriles is 1. The molecule has 0 bridgehead atoms. The summed E-state index contributed by atoms with van der Waals surface area (Å²) in [5.74, 6) is 0.727. The monoisotopic (exact) mass is 489 g/mol. The van der Waals surface area contributed by atoms with Crippen molar-refractivity contribution in [2.24, 2.45) is 5.73 Å². The van der Waals surface area contributed by atoms with Crippen LogP contribution >= 0.6 is 0 Å². The van der Waals surface area contributed by atoms with E-state index in [4.69, 9.17) is 5.73 Å². The zero-order chi connectivity index (χ0) is 25.4. The van der Waals surface area contributed by atoms with Gasteiger partial charge in [-0.2, -0.15) is 5.26 Å². The van der Waals surface area contributed by atoms with Crippen LogP contribution in [0.3, 0.4) is 0 Å². The average molecular weight is 490 g/mol. The molecule has 8 heteroatoms. The van der Waals surface area contributed by atoms with Crippen molar-refractivity contribution in [3.63, 3.8) is 0 Å². The van der Waals surface area contributed by atoms with Crippen LogP contribution in [0.4, 0.5) is 5.82 Å². The Kier molecular flexibility index (Phi) is 5.91. The molecule has 1 fully saturated rings. The fourth-order valence-corrected chi connectivity index (χ4v) is 5.40. The Morgan fingerprint density at radius 2 is 1.84 bits per heavy atom. The zero-order valence-electron chi connectivity index (χ0n) is 20.4. The summed E-state index contributed by atoms with van der Waals surface area (Å²) >= 11 is 0. The Labute approximate surface area is 214 Å². The fraction of sp³-hybridized carbons (Fsp3) is 0.241. The Hall–Kier alpha value is -4.48. The summed E-state index contributed by atoms with van der Waals surface area (Å²) in [6.07, 6.45) is 5.19. The lowest BCUT2D eigenvalue weighted by Gasteiger charge is -2.33. The first-order chi connectivity index (χ1) is 18.1. The molecule has 0 spiro atoms. The lowest BCUT2D eigenvalue weighted by Crippen LogP contribution is -2.44. The Balaban J connectivity index is 1.55. The summed E-state index contributed by atoms with van der Waals surface area (Å²) in [6.45, 7) is 2.20. The molecule has 1 aliphatic rings. The highest BCUT2D eigenvalue weighted by atomic mass is 16.1. The number of nitrogens with two attached hydrogens (primary N) is 1. The van der Waals surface area contributed by atoms with Gasteiger partial charge in [-0.25, -0.2) is 4.98 Å². The molecule has 1 unspecified atom stereocenters. The Morgan fingerprint density at radius 3 is 2.65 bits per heavy atom. The molecule has 37 heavy (non-hydrogen) atoms. The first-order valence-electron chi connectivity index (χ1n) is 12.5. The second-order valence-electron chi connectivity index (χ2n) is 9.60. The first-order valence-corrected chi connectivity index (χ1v) is 12.5. The van der Waals surface area contributed by atoms with Crippen LogP contribution in [0.25, 0.3) is 21.9 Å². The van der Waals surface area contributed by atoms with Gasteiger partial charge in [-0.05, 0) is 30.0 Å². The molecule has 8 nitrogen and oxygen atoms in total. The van der Waals surface area contributed by atoms with Crippen molar-refractivity contribution in [3.8, 4) is 6.07 Å². The largest absolute Gasteiger partial charge is 0.355 e. The summed E-state index contributed by atoms with van der Waals surface area (Å²) in [5.41, 5.74) is 10.3. The highest BCUT2D eigenvalue weighted by Crippen LogP contribution is 2.32. The maximum absolute atomic E-state index is 14.0. The SMILES string of the molecule is N#Cc1c(N2CCCC(N)C2)n(Cc2ccccc2)c2c(=O)n(Cc3cccc4cccnc34)cnc12. The van der Waals surface area contributed by atoms with Crippen molar-refractivity contribution in [3.05, 3.63) is 100 Å². The van der Waals surface area contributed by atoms with Crippen LogP contribution in [-0.2, 0) is 13.1 Å². The highest BCUT2D eigenvalue weighted by molar-refractivity contribution is 5.89. The third-order valence-electron chi connectivity index (χ3n) is 7.11. The molecule has 1 atom stereocenters. The van der Waals surface area contributed by atoms with Crippen LogP contribution in [0.2, 0.25) is 0 Å². The number of hydrogen-bond donors (Lipinski definition) is 1. The van der Waals surface area contributed by atoms with Crippen LogP contribution < -0.4 is 16.2 Å². The third-order valence-corrected chi connectivity index (χ3v) is 7.11. The smallest absolute Gasteiger partial charge is 0.278 e. The number of benzene rings is 2. The van der Waals surface area contributed by atoms with E-state index in [-0.39, 0.29) is 11.6 Å². The predicted molar refractivity (Wildman–Crippen MR) is 145 cm³/mol. The van der Waals surface area contributed by atoms with Crippen molar-refractivity contribution in [2.45, 2.75) is 32.0 Å². The van der Waals surface area contributed by atoms with Crippen molar-refractivity contribution >= 4 is 27.8 Å². The average Bonchev–Trinajstić information content (AvgIpc) is 3.24. The molecule has 3 aromatic heterocycles. The lowest BCUT2D eigenvalue weighted by molar-refractivity contribution is 0.498. The molecule has 1 aliphatic heterocycles. The van der Waals surface area contributed by atoms with Gasteiger partial charge in [0.2, 0.25) is 0 Å². The maximum atomic E-state index is 14.0. The molecule has 0 amide bonds. The number of fused-ring (bicyclic) bond motifs is 2. The first kappa shape index (κ1) is 23.0. The van der Waals surface area contributed by atoms with Crippen LogP contribution in [-0.4, -0.2) is 38.2 Å². The van der Waals surface area contributed by atoms with Gasteiger partial charge in [0, 0.05) is 37.3 Å². The van der Waals surface area contributed by atoms with Crippen LogP contribution in [0.1, 0.15) is 29.5 Å². The van der Waals surface area contributed by atoms with Gasteiger partial charge < -0.3 is 15.2 Å². The van der Waals surface area contributed by atoms with Crippen molar-refractivity contribution in [1.82, 2.24) is 19.1 Å². The summed E-state index contributed by atoms with van der Waals surface area (Å²) in [7, 11) is 0. The van der Waals surface area contributed by atoms with Gasteiger partial charge in [0.25, 0.3) is 5.56 Å². The Bertz CT molecular complexity index is 1690. The number of hydrogen-bond acceptors (Lipinski definition) is 6. The van der Waals surface area contributed by atoms with Gasteiger partial charge in [0.15, 0.2) is 0 Å². The molecular weight excluding hydrogens is 462 g/mol. The topological polar surface area (TPSA) is 106 Å². The van der Waals surface area contributed by atoms with Gasteiger partial charge in [-0.1, -0.05) is 54.6 Å². The second-order valence-corrected chi connectivity index (χ2v) is 9.60. The van der Waals surface area contributed by atoms with Crippen LogP contribution in [0.5, 0.6) is 0 Å². The van der Waals surface area contributed by atoms with E-state index < -0.39 is 0 Å². The molecule has 4 heterocycles. The minimum Gasteiger partial charge on any atom is -0.355 e. The number of nitrogens with zero attached hydrogens (tertiary/aromatic N) is 6. The summed E-state index contributed by atoms with van der Waals surface area (Å²) in [6, 6.07) is 22.2. The van der Waals surface area contributed by atoms with Crippen LogP contribution in [0.15, 0.2) is 78.0 Å². The van der Waals surface area contributed by atoms with E-state index in [0.29, 0.717) is 36.2 Å². The molecule has 0 radical (unpaired) electrons. The quantitative estimate of drug-likeness (QED) is 0.404. The normalized spacial score (nSPS) is 15.8. The van der Waals surface area contributed by atoms with E-state index in [9.17, 15) is 10.1 Å². The summed E-state index contributed by atoms with van der Waals surface area (Å²) in [5, 5.41) is 11.2. The van der Waals surface area contributed by atoms with E-state index in [1.807, 2.05) is 65.2 Å². The number of rotatable bonds is 5. The second kappa shape index (κ2) is 9.52. The molecule has 184 valence electrons. The molecule has 5 aromatic rings.